The Morgan fingerprint density at radius 3 is 2.54 bits per heavy atom. The lowest BCUT2D eigenvalue weighted by atomic mass is 10.3. The quantitative estimate of drug-likeness (QED) is 0.767. The molecule has 24 heavy (non-hydrogen) atoms. The van der Waals surface area contributed by atoms with Crippen molar-refractivity contribution in [3.8, 4) is 0 Å². The van der Waals surface area contributed by atoms with Crippen molar-refractivity contribution in [3.05, 3.63) is 57.7 Å². The molecule has 2 aromatic heterocycles. The zero-order valence-electron chi connectivity index (χ0n) is 13.0. The van der Waals surface area contributed by atoms with Gasteiger partial charge in [-0.2, -0.15) is 5.10 Å². The third-order valence-electron chi connectivity index (χ3n) is 3.57. The molecule has 0 unspecified atom stereocenters. The average molecular weight is 367 g/mol. The van der Waals surface area contributed by atoms with Crippen LogP contribution in [-0.2, 0) is 16.6 Å². The fourth-order valence-electron chi connectivity index (χ4n) is 2.36. The molecule has 0 fully saturated rings. The molecule has 2 heterocycles. The summed E-state index contributed by atoms with van der Waals surface area (Å²) in [6.45, 7) is 3.92. The van der Waals surface area contributed by atoms with Crippen LogP contribution < -0.4 is 10.3 Å². The summed E-state index contributed by atoms with van der Waals surface area (Å²) in [5, 5.41) is 4.65. The summed E-state index contributed by atoms with van der Waals surface area (Å²) >= 11 is 5.79. The van der Waals surface area contributed by atoms with Crippen molar-refractivity contribution in [3.63, 3.8) is 0 Å². The Morgan fingerprint density at radius 1 is 1.25 bits per heavy atom. The lowest BCUT2D eigenvalue weighted by Gasteiger charge is -2.06. The van der Waals surface area contributed by atoms with Crippen LogP contribution in [0.5, 0.6) is 0 Å². The van der Waals surface area contributed by atoms with E-state index in [4.69, 9.17) is 11.6 Å². The van der Waals surface area contributed by atoms with E-state index in [2.05, 4.69) is 9.82 Å². The van der Waals surface area contributed by atoms with Crippen molar-refractivity contribution >= 4 is 32.8 Å². The number of halogens is 1. The number of hydrogen-bond acceptors (Lipinski definition) is 4. The van der Waals surface area contributed by atoms with Gasteiger partial charge >= 0.3 is 0 Å². The van der Waals surface area contributed by atoms with Gasteiger partial charge in [0.2, 0.25) is 0 Å². The Balaban J connectivity index is 2.08. The second-order valence-corrected chi connectivity index (χ2v) is 7.33. The first-order valence-corrected chi connectivity index (χ1v) is 9.06. The van der Waals surface area contributed by atoms with Crippen LogP contribution in [0.3, 0.4) is 0 Å². The highest BCUT2D eigenvalue weighted by Gasteiger charge is 2.19. The number of sulfonamides is 1. The second-order valence-electron chi connectivity index (χ2n) is 5.21. The molecule has 0 aliphatic carbocycles. The Labute approximate surface area is 143 Å². The molecular formula is C15H15ClN4O3S. The Morgan fingerprint density at radius 2 is 1.92 bits per heavy atom. The maximum Gasteiger partial charge on any atom is 0.291 e. The van der Waals surface area contributed by atoms with E-state index >= 15 is 0 Å². The SMILES string of the molecule is CCn1nc(C)n2cc(S(=O)(=O)Nc3ccc(Cl)cc3)cc2c1=O. The molecule has 9 heteroatoms. The predicted octanol–water partition coefficient (Wildman–Crippen LogP) is 2.28. The minimum absolute atomic E-state index is 0.00620. The first-order valence-electron chi connectivity index (χ1n) is 7.20. The number of aryl methyl sites for hydroxylation is 2. The normalized spacial score (nSPS) is 11.8. The van der Waals surface area contributed by atoms with Gasteiger partial charge in [0.25, 0.3) is 15.6 Å². The molecule has 0 saturated carbocycles. The highest BCUT2D eigenvalue weighted by molar-refractivity contribution is 7.92. The van der Waals surface area contributed by atoms with Crippen molar-refractivity contribution in [2.24, 2.45) is 0 Å². The monoisotopic (exact) mass is 366 g/mol. The van der Waals surface area contributed by atoms with E-state index < -0.39 is 10.0 Å². The van der Waals surface area contributed by atoms with Crippen LogP contribution in [0.4, 0.5) is 5.69 Å². The van der Waals surface area contributed by atoms with Crippen LogP contribution in [0.15, 0.2) is 46.2 Å². The summed E-state index contributed by atoms with van der Waals surface area (Å²) in [7, 11) is -3.83. The fourth-order valence-corrected chi connectivity index (χ4v) is 3.57. The predicted molar refractivity (Wildman–Crippen MR) is 92.1 cm³/mol. The van der Waals surface area contributed by atoms with Gasteiger partial charge in [-0.05, 0) is 44.2 Å². The standard InChI is InChI=1S/C15H15ClN4O3S/c1-3-20-15(21)14-8-13(9-19(14)10(2)17-20)24(22,23)18-12-6-4-11(16)5-7-12/h4-9,18H,3H2,1-2H3. The van der Waals surface area contributed by atoms with Crippen LogP contribution >= 0.6 is 11.6 Å². The Hall–Kier alpha value is -2.32. The molecule has 0 saturated heterocycles. The maximum atomic E-state index is 12.5. The zero-order chi connectivity index (χ0) is 17.5. The molecule has 3 aromatic rings. The van der Waals surface area contributed by atoms with Gasteiger partial charge in [0, 0.05) is 23.5 Å². The van der Waals surface area contributed by atoms with Gasteiger partial charge in [-0.3, -0.25) is 13.9 Å². The number of benzene rings is 1. The van der Waals surface area contributed by atoms with Crippen LogP contribution in [0.1, 0.15) is 12.7 Å². The highest BCUT2D eigenvalue weighted by Crippen LogP contribution is 2.20. The molecule has 0 radical (unpaired) electrons. The highest BCUT2D eigenvalue weighted by atomic mass is 35.5. The molecule has 0 aliphatic heterocycles. The van der Waals surface area contributed by atoms with Crippen LogP contribution in [0.2, 0.25) is 5.02 Å². The van der Waals surface area contributed by atoms with Crippen LogP contribution in [0, 0.1) is 6.92 Å². The first kappa shape index (κ1) is 16.5. The number of aromatic nitrogens is 3. The van der Waals surface area contributed by atoms with Gasteiger partial charge in [0.1, 0.15) is 16.2 Å². The topological polar surface area (TPSA) is 85.5 Å². The average Bonchev–Trinajstić information content (AvgIpc) is 3.00. The smallest absolute Gasteiger partial charge is 0.291 e. The van der Waals surface area contributed by atoms with Crippen LogP contribution in [-0.4, -0.2) is 22.6 Å². The number of nitrogens with zero attached hydrogens (tertiary/aromatic N) is 3. The minimum atomic E-state index is -3.83. The van der Waals surface area contributed by atoms with Crippen molar-refractivity contribution < 1.29 is 8.42 Å². The van der Waals surface area contributed by atoms with Crippen molar-refractivity contribution in [2.45, 2.75) is 25.3 Å². The van der Waals surface area contributed by atoms with Crippen molar-refractivity contribution in [2.75, 3.05) is 4.72 Å². The molecule has 1 aromatic carbocycles. The summed E-state index contributed by atoms with van der Waals surface area (Å²) in [6, 6.07) is 7.65. The van der Waals surface area contributed by atoms with E-state index in [1.165, 1.54) is 21.3 Å². The molecule has 0 bridgehead atoms. The van der Waals surface area contributed by atoms with E-state index in [-0.39, 0.29) is 16.0 Å². The molecule has 0 aliphatic rings. The molecule has 0 amide bonds. The number of anilines is 1. The maximum absolute atomic E-state index is 12.5. The zero-order valence-corrected chi connectivity index (χ0v) is 14.6. The van der Waals surface area contributed by atoms with E-state index in [1.807, 2.05) is 0 Å². The van der Waals surface area contributed by atoms with Gasteiger partial charge in [-0.1, -0.05) is 11.6 Å². The largest absolute Gasteiger partial charge is 0.298 e. The molecule has 126 valence electrons. The number of hydrogen-bond donors (Lipinski definition) is 1. The second kappa shape index (κ2) is 5.95. The molecule has 3 rings (SSSR count). The van der Waals surface area contributed by atoms with Gasteiger partial charge in [0.05, 0.1) is 0 Å². The lowest BCUT2D eigenvalue weighted by Crippen LogP contribution is -2.25. The van der Waals surface area contributed by atoms with Crippen molar-refractivity contribution in [1.29, 1.82) is 0 Å². The Kier molecular flexibility index (Phi) is 4.10. The van der Waals surface area contributed by atoms with Gasteiger partial charge in [-0.25, -0.2) is 13.1 Å². The molecule has 0 spiro atoms. The summed E-state index contributed by atoms with van der Waals surface area (Å²) in [4.78, 5) is 12.3. The number of rotatable bonds is 4. The molecule has 0 atom stereocenters. The molecule has 1 N–H and O–H groups in total. The fraction of sp³-hybridized carbons (Fsp3) is 0.200. The summed E-state index contributed by atoms with van der Waals surface area (Å²) in [5.74, 6) is 0.527. The van der Waals surface area contributed by atoms with E-state index in [0.717, 1.165) is 0 Å². The van der Waals surface area contributed by atoms with Crippen molar-refractivity contribution in [1.82, 2.24) is 14.2 Å². The number of fused-ring (bicyclic) bond motifs is 1. The molecular weight excluding hydrogens is 352 g/mol. The van der Waals surface area contributed by atoms with E-state index in [0.29, 0.717) is 23.1 Å². The van der Waals surface area contributed by atoms with Gasteiger partial charge in [-0.15, -0.1) is 0 Å². The summed E-state index contributed by atoms with van der Waals surface area (Å²) < 4.78 is 30.3. The third-order valence-corrected chi connectivity index (χ3v) is 5.17. The van der Waals surface area contributed by atoms with E-state index in [9.17, 15) is 13.2 Å². The van der Waals surface area contributed by atoms with E-state index in [1.54, 1.807) is 38.1 Å². The Bertz CT molecular complexity index is 1070. The minimum Gasteiger partial charge on any atom is -0.298 e. The lowest BCUT2D eigenvalue weighted by molar-refractivity contribution is 0.592. The van der Waals surface area contributed by atoms with Gasteiger partial charge in [0.15, 0.2) is 0 Å². The summed E-state index contributed by atoms with van der Waals surface area (Å²) in [6.07, 6.45) is 1.39. The molecule has 7 nitrogen and oxygen atoms in total. The third kappa shape index (κ3) is 2.90. The van der Waals surface area contributed by atoms with Gasteiger partial charge < -0.3 is 0 Å². The first-order chi connectivity index (χ1) is 11.3. The van der Waals surface area contributed by atoms with Crippen LogP contribution in [0.25, 0.3) is 5.52 Å². The number of nitrogens with one attached hydrogen (secondary N) is 1. The summed E-state index contributed by atoms with van der Waals surface area (Å²) in [5.41, 5.74) is 0.312.